The third-order valence-corrected chi connectivity index (χ3v) is 4.90. The van der Waals surface area contributed by atoms with Crippen LogP contribution in [0.5, 0.6) is 0 Å². The van der Waals surface area contributed by atoms with E-state index >= 15 is 0 Å². The number of carbonyl (C=O) groups is 1. The number of amides is 1. The van der Waals surface area contributed by atoms with Gasteiger partial charge >= 0.3 is 0 Å². The zero-order valence-corrected chi connectivity index (χ0v) is 15.5. The summed E-state index contributed by atoms with van der Waals surface area (Å²) in [5, 5.41) is 8.69. The van der Waals surface area contributed by atoms with Crippen molar-refractivity contribution >= 4 is 56.8 Å². The summed E-state index contributed by atoms with van der Waals surface area (Å²) in [6.45, 7) is 4.10. The second-order valence-electron chi connectivity index (χ2n) is 5.40. The van der Waals surface area contributed by atoms with Crippen LogP contribution < -0.4 is 5.32 Å². The van der Waals surface area contributed by atoms with Crippen molar-refractivity contribution in [2.24, 2.45) is 0 Å². The Kier molecular flexibility index (Phi) is 4.54. The van der Waals surface area contributed by atoms with Gasteiger partial charge in [0.15, 0.2) is 5.65 Å². The number of halogens is 2. The minimum absolute atomic E-state index is 0.197. The average molecular weight is 441 g/mol. The van der Waals surface area contributed by atoms with Crippen LogP contribution in [-0.4, -0.2) is 20.7 Å². The molecular formula is C16H14ClIN4O. The first kappa shape index (κ1) is 16.2. The molecule has 2 aromatic heterocycles. The molecule has 0 aliphatic heterocycles. The SMILES string of the molecule is CC(C)n1ncc2cc(NC(=O)c3ccc(Cl)c(I)c3)cnc21. The number of fused-ring (bicyclic) bond motifs is 1. The molecule has 0 spiro atoms. The standard InChI is InChI=1S/C16H14ClIN4O/c1-9(2)22-15-11(7-20-22)5-12(8-19-15)21-16(23)10-3-4-13(17)14(18)6-10/h3-9H,1-2H3,(H,21,23). The van der Waals surface area contributed by atoms with Gasteiger partial charge in [-0.05, 0) is 60.7 Å². The van der Waals surface area contributed by atoms with Gasteiger partial charge in [0, 0.05) is 20.6 Å². The number of nitrogens with one attached hydrogen (secondary N) is 1. The van der Waals surface area contributed by atoms with E-state index in [4.69, 9.17) is 11.6 Å². The lowest BCUT2D eigenvalue weighted by Crippen LogP contribution is -2.12. The lowest BCUT2D eigenvalue weighted by molar-refractivity contribution is 0.102. The third kappa shape index (κ3) is 3.32. The lowest BCUT2D eigenvalue weighted by atomic mass is 10.2. The Hall–Kier alpha value is -1.67. The second-order valence-corrected chi connectivity index (χ2v) is 6.97. The Morgan fingerprint density at radius 2 is 2.09 bits per heavy atom. The van der Waals surface area contributed by atoms with Gasteiger partial charge in [0.05, 0.1) is 23.1 Å². The first-order valence-corrected chi connectivity index (χ1v) is 8.51. The summed E-state index contributed by atoms with van der Waals surface area (Å²) in [5.74, 6) is -0.197. The van der Waals surface area contributed by atoms with E-state index in [1.54, 1.807) is 30.6 Å². The molecule has 0 fully saturated rings. The minimum Gasteiger partial charge on any atom is -0.321 e. The highest BCUT2D eigenvalue weighted by Gasteiger charge is 2.11. The van der Waals surface area contributed by atoms with Crippen LogP contribution >= 0.6 is 34.2 Å². The molecule has 0 radical (unpaired) electrons. The van der Waals surface area contributed by atoms with Crippen LogP contribution in [0.1, 0.15) is 30.2 Å². The van der Waals surface area contributed by atoms with Gasteiger partial charge in [-0.25, -0.2) is 9.67 Å². The molecule has 0 unspecified atom stereocenters. The van der Waals surface area contributed by atoms with E-state index in [1.165, 1.54) is 0 Å². The van der Waals surface area contributed by atoms with Gasteiger partial charge in [-0.3, -0.25) is 4.79 Å². The van der Waals surface area contributed by atoms with E-state index in [9.17, 15) is 4.79 Å². The molecule has 0 saturated carbocycles. The number of hydrogen-bond acceptors (Lipinski definition) is 3. The summed E-state index contributed by atoms with van der Waals surface area (Å²) in [5.41, 5.74) is 1.99. The molecule has 1 N–H and O–H groups in total. The van der Waals surface area contributed by atoms with Crippen LogP contribution in [0.3, 0.4) is 0 Å². The molecule has 0 aliphatic carbocycles. The maximum absolute atomic E-state index is 12.3. The lowest BCUT2D eigenvalue weighted by Gasteiger charge is -2.08. The van der Waals surface area contributed by atoms with Crippen molar-refractivity contribution in [3.05, 3.63) is 50.8 Å². The van der Waals surface area contributed by atoms with Crippen LogP contribution in [0, 0.1) is 3.57 Å². The fourth-order valence-corrected chi connectivity index (χ4v) is 2.86. The molecule has 2 heterocycles. The smallest absolute Gasteiger partial charge is 0.255 e. The molecular weight excluding hydrogens is 427 g/mol. The number of carbonyl (C=O) groups excluding carboxylic acids is 1. The summed E-state index contributed by atoms with van der Waals surface area (Å²) in [6, 6.07) is 7.26. The molecule has 118 valence electrons. The number of aromatic nitrogens is 3. The Bertz CT molecular complexity index is 891. The normalized spacial score (nSPS) is 11.2. The van der Waals surface area contributed by atoms with Crippen molar-refractivity contribution in [3.63, 3.8) is 0 Å². The molecule has 5 nitrogen and oxygen atoms in total. The fraction of sp³-hybridized carbons (Fsp3) is 0.188. The largest absolute Gasteiger partial charge is 0.321 e. The predicted molar refractivity (Wildman–Crippen MR) is 100 cm³/mol. The number of hydrogen-bond donors (Lipinski definition) is 1. The van der Waals surface area contributed by atoms with Crippen LogP contribution in [0.2, 0.25) is 5.02 Å². The molecule has 3 aromatic rings. The Morgan fingerprint density at radius 1 is 1.30 bits per heavy atom. The van der Waals surface area contributed by atoms with Crippen molar-refractivity contribution < 1.29 is 4.79 Å². The number of rotatable bonds is 3. The summed E-state index contributed by atoms with van der Waals surface area (Å²) < 4.78 is 2.69. The highest BCUT2D eigenvalue weighted by Crippen LogP contribution is 2.22. The van der Waals surface area contributed by atoms with E-state index in [1.807, 2.05) is 24.6 Å². The van der Waals surface area contributed by atoms with E-state index in [0.29, 0.717) is 16.3 Å². The Labute approximate surface area is 152 Å². The van der Waals surface area contributed by atoms with Crippen molar-refractivity contribution in [2.75, 3.05) is 5.32 Å². The number of pyridine rings is 1. The van der Waals surface area contributed by atoms with E-state index < -0.39 is 0 Å². The summed E-state index contributed by atoms with van der Waals surface area (Å²) in [6.07, 6.45) is 3.39. The molecule has 1 aromatic carbocycles. The zero-order valence-electron chi connectivity index (χ0n) is 12.5. The first-order valence-electron chi connectivity index (χ1n) is 7.05. The average Bonchev–Trinajstić information content (AvgIpc) is 2.93. The Morgan fingerprint density at radius 3 is 2.78 bits per heavy atom. The molecule has 7 heteroatoms. The van der Waals surface area contributed by atoms with Crippen molar-refractivity contribution in [3.8, 4) is 0 Å². The van der Waals surface area contributed by atoms with Gasteiger partial charge in [-0.1, -0.05) is 11.6 Å². The monoisotopic (exact) mass is 440 g/mol. The van der Waals surface area contributed by atoms with Gasteiger partial charge in [0.2, 0.25) is 0 Å². The van der Waals surface area contributed by atoms with Crippen molar-refractivity contribution in [2.45, 2.75) is 19.9 Å². The van der Waals surface area contributed by atoms with E-state index in [0.717, 1.165) is 14.6 Å². The minimum atomic E-state index is -0.197. The number of anilines is 1. The predicted octanol–water partition coefficient (Wildman–Crippen LogP) is 4.52. The van der Waals surface area contributed by atoms with Gasteiger partial charge in [-0.2, -0.15) is 5.10 Å². The zero-order chi connectivity index (χ0) is 16.6. The molecule has 0 bridgehead atoms. The van der Waals surface area contributed by atoms with Gasteiger partial charge in [0.25, 0.3) is 5.91 Å². The van der Waals surface area contributed by atoms with Crippen LogP contribution in [-0.2, 0) is 0 Å². The summed E-state index contributed by atoms with van der Waals surface area (Å²) in [7, 11) is 0. The molecule has 1 amide bonds. The van der Waals surface area contributed by atoms with Crippen molar-refractivity contribution in [1.29, 1.82) is 0 Å². The van der Waals surface area contributed by atoms with Gasteiger partial charge in [0.1, 0.15) is 0 Å². The fourth-order valence-electron chi connectivity index (χ4n) is 2.23. The maximum atomic E-state index is 12.3. The summed E-state index contributed by atoms with van der Waals surface area (Å²) in [4.78, 5) is 16.7. The van der Waals surface area contributed by atoms with E-state index in [-0.39, 0.29) is 11.9 Å². The summed E-state index contributed by atoms with van der Waals surface area (Å²) >= 11 is 8.08. The quantitative estimate of drug-likeness (QED) is 0.609. The first-order chi connectivity index (χ1) is 11.0. The highest BCUT2D eigenvalue weighted by atomic mass is 127. The topological polar surface area (TPSA) is 59.8 Å². The van der Waals surface area contributed by atoms with Gasteiger partial charge in [-0.15, -0.1) is 0 Å². The molecule has 23 heavy (non-hydrogen) atoms. The highest BCUT2D eigenvalue weighted by molar-refractivity contribution is 14.1. The second kappa shape index (κ2) is 6.45. The maximum Gasteiger partial charge on any atom is 0.255 e. The van der Waals surface area contributed by atoms with Crippen LogP contribution in [0.15, 0.2) is 36.7 Å². The molecule has 0 saturated heterocycles. The third-order valence-electron chi connectivity index (χ3n) is 3.36. The molecule has 0 atom stereocenters. The van der Waals surface area contributed by atoms with Gasteiger partial charge < -0.3 is 5.32 Å². The molecule has 0 aliphatic rings. The van der Waals surface area contributed by atoms with Crippen LogP contribution in [0.25, 0.3) is 11.0 Å². The van der Waals surface area contributed by atoms with E-state index in [2.05, 4.69) is 38.0 Å². The Balaban J connectivity index is 1.86. The molecule has 3 rings (SSSR count). The van der Waals surface area contributed by atoms with Crippen molar-refractivity contribution in [1.82, 2.24) is 14.8 Å². The number of nitrogens with zero attached hydrogens (tertiary/aromatic N) is 3. The van der Waals surface area contributed by atoms with Crippen LogP contribution in [0.4, 0.5) is 5.69 Å². The number of benzene rings is 1.